The molecule has 2 nitrogen and oxygen atoms in total. The van der Waals surface area contributed by atoms with Crippen molar-refractivity contribution in [2.45, 2.75) is 19.3 Å². The number of benzene rings is 1. The molecule has 3 heteroatoms. The van der Waals surface area contributed by atoms with E-state index in [9.17, 15) is 4.79 Å². The van der Waals surface area contributed by atoms with Gasteiger partial charge in [0.25, 0.3) is 0 Å². The number of hydrogen-bond donors (Lipinski definition) is 0. The molecule has 0 aromatic heterocycles. The molecule has 16 heavy (non-hydrogen) atoms. The maximum Gasteiger partial charge on any atom is 0.163 e. The molecular formula is C13H13ClO2. The lowest BCUT2D eigenvalue weighted by molar-refractivity contribution is 0.0971. The van der Waals surface area contributed by atoms with Gasteiger partial charge in [-0.25, -0.2) is 0 Å². The Kier molecular flexibility index (Phi) is 3.30. The molecule has 84 valence electrons. The van der Waals surface area contributed by atoms with E-state index in [0.717, 1.165) is 29.7 Å². The lowest BCUT2D eigenvalue weighted by atomic mass is 9.90. The van der Waals surface area contributed by atoms with E-state index >= 15 is 0 Å². The number of ketones is 1. The molecule has 0 bridgehead atoms. The monoisotopic (exact) mass is 236 g/mol. The van der Waals surface area contributed by atoms with Gasteiger partial charge in [0.1, 0.15) is 12.4 Å². The quantitative estimate of drug-likeness (QED) is 0.805. The van der Waals surface area contributed by atoms with Crippen molar-refractivity contribution in [3.8, 4) is 5.75 Å². The second-order valence-corrected chi connectivity index (χ2v) is 4.40. The molecular weight excluding hydrogens is 224 g/mol. The second kappa shape index (κ2) is 4.71. The minimum Gasteiger partial charge on any atom is -0.488 e. The first kappa shape index (κ1) is 11.2. The fraction of sp³-hybridized carbons (Fsp3) is 0.308. The molecule has 0 aliphatic heterocycles. The molecule has 1 aromatic carbocycles. The predicted octanol–water partition coefficient (Wildman–Crippen LogP) is 3.34. The third-order valence-corrected chi connectivity index (χ3v) is 2.76. The first-order valence-corrected chi connectivity index (χ1v) is 5.67. The molecule has 0 atom stereocenters. The number of ether oxygens (including phenoxy) is 1. The van der Waals surface area contributed by atoms with Gasteiger partial charge in [-0.1, -0.05) is 30.3 Å². The van der Waals surface area contributed by atoms with Gasteiger partial charge in [-0.05, 0) is 18.9 Å². The molecule has 1 aliphatic carbocycles. The number of rotatable bonds is 3. The Morgan fingerprint density at radius 3 is 3.00 bits per heavy atom. The molecule has 0 saturated heterocycles. The fourth-order valence-electron chi connectivity index (χ4n) is 1.94. The van der Waals surface area contributed by atoms with Crippen LogP contribution in [0.15, 0.2) is 29.8 Å². The van der Waals surface area contributed by atoms with Crippen LogP contribution in [-0.2, 0) is 6.42 Å². The van der Waals surface area contributed by atoms with Crippen molar-refractivity contribution in [1.82, 2.24) is 0 Å². The summed E-state index contributed by atoms with van der Waals surface area (Å²) in [5.74, 6) is 0.962. The first-order chi connectivity index (χ1) is 7.68. The molecule has 0 N–H and O–H groups in total. The highest BCUT2D eigenvalue weighted by Gasteiger charge is 2.20. The summed E-state index contributed by atoms with van der Waals surface area (Å²) in [6.45, 7) is 3.85. The molecule has 0 fully saturated rings. The standard InChI is InChI=1S/C13H13ClO2/c1-9(14)8-16-13-7-3-4-10-11(13)5-2-6-12(10)15/h3-4,7H,1-2,5-6,8H2. The smallest absolute Gasteiger partial charge is 0.163 e. The maximum atomic E-state index is 11.7. The Labute approximate surface area is 99.9 Å². The van der Waals surface area contributed by atoms with Gasteiger partial charge in [0.15, 0.2) is 5.78 Å². The highest BCUT2D eigenvalue weighted by molar-refractivity contribution is 6.29. The van der Waals surface area contributed by atoms with E-state index in [1.807, 2.05) is 18.2 Å². The Balaban J connectivity index is 2.29. The SMILES string of the molecule is C=C(Cl)COc1cccc2c1CCCC2=O. The topological polar surface area (TPSA) is 26.3 Å². The van der Waals surface area contributed by atoms with Gasteiger partial charge in [-0.2, -0.15) is 0 Å². The summed E-state index contributed by atoms with van der Waals surface area (Å²) in [4.78, 5) is 11.7. The van der Waals surface area contributed by atoms with Crippen LogP contribution in [0, 0.1) is 0 Å². The largest absolute Gasteiger partial charge is 0.488 e. The summed E-state index contributed by atoms with van der Waals surface area (Å²) in [7, 11) is 0. The number of Topliss-reactive ketones (excluding diaryl/α,β-unsaturated/α-hetero) is 1. The fourth-order valence-corrected chi connectivity index (χ4v) is 1.99. The molecule has 1 aromatic rings. The molecule has 0 saturated carbocycles. The van der Waals surface area contributed by atoms with E-state index in [-0.39, 0.29) is 12.4 Å². The van der Waals surface area contributed by atoms with Gasteiger partial charge in [0, 0.05) is 22.6 Å². The van der Waals surface area contributed by atoms with Crippen LogP contribution in [0.2, 0.25) is 0 Å². The molecule has 0 heterocycles. The van der Waals surface area contributed by atoms with E-state index in [4.69, 9.17) is 16.3 Å². The first-order valence-electron chi connectivity index (χ1n) is 5.29. The zero-order valence-corrected chi connectivity index (χ0v) is 9.72. The molecule has 0 amide bonds. The zero-order chi connectivity index (χ0) is 11.5. The molecule has 0 unspecified atom stereocenters. The van der Waals surface area contributed by atoms with Gasteiger partial charge in [-0.3, -0.25) is 4.79 Å². The van der Waals surface area contributed by atoms with E-state index < -0.39 is 0 Å². The zero-order valence-electron chi connectivity index (χ0n) is 8.96. The Hall–Kier alpha value is -1.28. The van der Waals surface area contributed by atoms with Crippen LogP contribution in [0.1, 0.15) is 28.8 Å². The second-order valence-electron chi connectivity index (χ2n) is 3.86. The number of carbonyl (C=O) groups excluding carboxylic acids is 1. The summed E-state index contributed by atoms with van der Waals surface area (Å²) in [6, 6.07) is 5.57. The van der Waals surface area contributed by atoms with Gasteiger partial charge in [0.2, 0.25) is 0 Å². The van der Waals surface area contributed by atoms with Crippen LogP contribution < -0.4 is 4.74 Å². The Bertz CT molecular complexity index is 438. The van der Waals surface area contributed by atoms with Crippen molar-refractivity contribution >= 4 is 17.4 Å². The van der Waals surface area contributed by atoms with Crippen molar-refractivity contribution in [1.29, 1.82) is 0 Å². The van der Waals surface area contributed by atoms with E-state index in [0.29, 0.717) is 11.5 Å². The Morgan fingerprint density at radius 2 is 2.25 bits per heavy atom. The number of halogens is 1. The maximum absolute atomic E-state index is 11.7. The van der Waals surface area contributed by atoms with Crippen LogP contribution in [0.4, 0.5) is 0 Å². The van der Waals surface area contributed by atoms with E-state index in [2.05, 4.69) is 6.58 Å². The summed E-state index contributed by atoms with van der Waals surface area (Å²) in [5.41, 5.74) is 1.81. The molecule has 0 radical (unpaired) electrons. The minimum atomic E-state index is 0.205. The van der Waals surface area contributed by atoms with E-state index in [1.165, 1.54) is 0 Å². The third-order valence-electron chi connectivity index (χ3n) is 2.65. The highest BCUT2D eigenvalue weighted by Crippen LogP contribution is 2.29. The van der Waals surface area contributed by atoms with Crippen molar-refractivity contribution in [2.75, 3.05) is 6.61 Å². The van der Waals surface area contributed by atoms with Crippen LogP contribution in [0.5, 0.6) is 5.75 Å². The van der Waals surface area contributed by atoms with Gasteiger partial charge >= 0.3 is 0 Å². The number of hydrogen-bond acceptors (Lipinski definition) is 2. The summed E-state index contributed by atoms with van der Waals surface area (Å²) >= 11 is 5.65. The molecule has 1 aliphatic rings. The number of fused-ring (bicyclic) bond motifs is 1. The van der Waals surface area contributed by atoms with E-state index in [1.54, 1.807) is 0 Å². The summed E-state index contributed by atoms with van der Waals surface area (Å²) in [6.07, 6.45) is 2.43. The van der Waals surface area contributed by atoms with Crippen molar-refractivity contribution in [2.24, 2.45) is 0 Å². The lowest BCUT2D eigenvalue weighted by Crippen LogP contribution is -2.12. The average molecular weight is 237 g/mol. The minimum absolute atomic E-state index is 0.205. The van der Waals surface area contributed by atoms with Gasteiger partial charge in [0.05, 0.1) is 0 Å². The predicted molar refractivity (Wildman–Crippen MR) is 64.2 cm³/mol. The molecule has 0 spiro atoms. The third kappa shape index (κ3) is 2.27. The summed E-state index contributed by atoms with van der Waals surface area (Å²) in [5, 5.41) is 0.458. The van der Waals surface area contributed by atoms with Crippen LogP contribution in [0.25, 0.3) is 0 Å². The Morgan fingerprint density at radius 1 is 1.44 bits per heavy atom. The summed E-state index contributed by atoms with van der Waals surface area (Å²) < 4.78 is 5.53. The van der Waals surface area contributed by atoms with Crippen LogP contribution in [-0.4, -0.2) is 12.4 Å². The lowest BCUT2D eigenvalue weighted by Gasteiger charge is -2.18. The van der Waals surface area contributed by atoms with Gasteiger partial charge in [-0.15, -0.1) is 0 Å². The van der Waals surface area contributed by atoms with Crippen molar-refractivity contribution < 1.29 is 9.53 Å². The molecule has 2 rings (SSSR count). The number of carbonyl (C=O) groups is 1. The highest BCUT2D eigenvalue weighted by atomic mass is 35.5. The normalized spacial score (nSPS) is 14.4. The van der Waals surface area contributed by atoms with Gasteiger partial charge < -0.3 is 4.74 Å². The average Bonchev–Trinajstić information content (AvgIpc) is 2.27. The van der Waals surface area contributed by atoms with Crippen molar-refractivity contribution in [3.63, 3.8) is 0 Å². The van der Waals surface area contributed by atoms with Crippen LogP contribution in [0.3, 0.4) is 0 Å². The van der Waals surface area contributed by atoms with Crippen LogP contribution >= 0.6 is 11.6 Å². The van der Waals surface area contributed by atoms with Crippen molar-refractivity contribution in [3.05, 3.63) is 40.9 Å².